The van der Waals surface area contributed by atoms with Crippen LogP contribution in [0.1, 0.15) is 5.56 Å². The summed E-state index contributed by atoms with van der Waals surface area (Å²) < 4.78 is 0. The normalized spacial score (nSPS) is 22.8. The van der Waals surface area contributed by atoms with Crippen LogP contribution in [0.15, 0.2) is 54.3 Å². The Bertz CT molecular complexity index is 569. The number of hydrogen-bond acceptors (Lipinski definition) is 3. The summed E-state index contributed by atoms with van der Waals surface area (Å²) in [6.07, 6.45) is 8.81. The van der Waals surface area contributed by atoms with Crippen molar-refractivity contribution in [3.05, 3.63) is 59.8 Å². The molecule has 2 N–H and O–H groups in total. The largest absolute Gasteiger partial charge is 0.399 e. The molecule has 0 amide bonds. The second-order valence-corrected chi connectivity index (χ2v) is 4.81. The van der Waals surface area contributed by atoms with Crippen LogP contribution in [0.5, 0.6) is 0 Å². The number of rotatable bonds is 1. The highest BCUT2D eigenvalue weighted by Crippen LogP contribution is 2.31. The van der Waals surface area contributed by atoms with Gasteiger partial charge in [0, 0.05) is 26.0 Å². The van der Waals surface area contributed by atoms with Crippen LogP contribution in [0.3, 0.4) is 0 Å². The molecule has 18 heavy (non-hydrogen) atoms. The van der Waals surface area contributed by atoms with E-state index >= 15 is 0 Å². The highest BCUT2D eigenvalue weighted by atomic mass is 15.6. The van der Waals surface area contributed by atoms with Crippen molar-refractivity contribution in [1.82, 2.24) is 10.0 Å². The zero-order valence-electron chi connectivity index (χ0n) is 10.7. The predicted molar refractivity (Wildman–Crippen MR) is 75.4 cm³/mol. The summed E-state index contributed by atoms with van der Waals surface area (Å²) in [7, 11) is 4.16. The smallest absolute Gasteiger partial charge is 0.0738 e. The van der Waals surface area contributed by atoms with E-state index in [4.69, 9.17) is 5.73 Å². The molecule has 1 atom stereocenters. The average Bonchev–Trinajstić information content (AvgIpc) is 2.65. The number of hydrogen-bond donors (Lipinski definition) is 1. The van der Waals surface area contributed by atoms with E-state index in [0.717, 1.165) is 5.69 Å². The summed E-state index contributed by atoms with van der Waals surface area (Å²) in [6.45, 7) is 0. The quantitative estimate of drug-likeness (QED) is 0.763. The molecule has 1 aliphatic carbocycles. The Hall–Kier alpha value is -2.00. The van der Waals surface area contributed by atoms with Crippen molar-refractivity contribution < 1.29 is 0 Å². The molecule has 3 nitrogen and oxygen atoms in total. The average molecular weight is 239 g/mol. The maximum atomic E-state index is 5.83. The van der Waals surface area contributed by atoms with Gasteiger partial charge in [0.25, 0.3) is 0 Å². The molecule has 3 rings (SSSR count). The highest BCUT2D eigenvalue weighted by Gasteiger charge is 2.26. The number of likely N-dealkylation sites (N-methyl/N-ethyl adjacent to an activating group) is 1. The van der Waals surface area contributed by atoms with Gasteiger partial charge in [0.2, 0.25) is 0 Å². The summed E-state index contributed by atoms with van der Waals surface area (Å²) in [4.78, 5) is 0. The Morgan fingerprint density at radius 3 is 2.83 bits per heavy atom. The zero-order valence-corrected chi connectivity index (χ0v) is 10.7. The van der Waals surface area contributed by atoms with Gasteiger partial charge in [-0.3, -0.25) is 0 Å². The fourth-order valence-electron chi connectivity index (χ4n) is 2.47. The molecule has 1 aromatic rings. The molecule has 1 aliphatic heterocycles. The van der Waals surface area contributed by atoms with E-state index in [2.05, 4.69) is 54.6 Å². The zero-order chi connectivity index (χ0) is 12.7. The van der Waals surface area contributed by atoms with Crippen molar-refractivity contribution in [2.45, 2.75) is 6.04 Å². The summed E-state index contributed by atoms with van der Waals surface area (Å²) in [5.41, 5.74) is 10.3. The van der Waals surface area contributed by atoms with Crippen LogP contribution in [-0.4, -0.2) is 30.2 Å². The standard InChI is InChI=1S/C15H17N3/c1-17-10-13-8-12(6-7-15(13)18(17)2)11-4-3-5-14(16)9-11/h3-10,15H,16H2,1-2H3. The minimum Gasteiger partial charge on any atom is -0.399 e. The van der Waals surface area contributed by atoms with E-state index < -0.39 is 0 Å². The van der Waals surface area contributed by atoms with E-state index in [1.165, 1.54) is 16.7 Å². The van der Waals surface area contributed by atoms with Crippen LogP contribution in [0.25, 0.3) is 5.57 Å². The molecule has 0 radical (unpaired) electrons. The third-order valence-electron chi connectivity index (χ3n) is 3.58. The first-order chi connectivity index (χ1) is 8.65. The minimum atomic E-state index is 0.361. The molecule has 0 saturated carbocycles. The number of allylic oxidation sites excluding steroid dienone is 2. The molecular formula is C15H17N3. The predicted octanol–water partition coefficient (Wildman–Crippen LogP) is 2.27. The second kappa shape index (κ2) is 4.03. The molecule has 0 saturated heterocycles. The third kappa shape index (κ3) is 1.73. The van der Waals surface area contributed by atoms with Gasteiger partial charge in [0.15, 0.2) is 0 Å². The first kappa shape index (κ1) is 11.1. The van der Waals surface area contributed by atoms with Crippen LogP contribution in [-0.2, 0) is 0 Å². The SMILES string of the molecule is CN1C=C2C=C(c3cccc(N)c3)C=CC2N1C. The van der Waals surface area contributed by atoms with Crippen molar-refractivity contribution in [1.29, 1.82) is 0 Å². The van der Waals surface area contributed by atoms with Gasteiger partial charge in [0.05, 0.1) is 6.04 Å². The lowest BCUT2D eigenvalue weighted by Gasteiger charge is -2.26. The lowest BCUT2D eigenvalue weighted by atomic mass is 9.94. The van der Waals surface area contributed by atoms with Crippen molar-refractivity contribution in [2.75, 3.05) is 19.8 Å². The minimum absolute atomic E-state index is 0.361. The van der Waals surface area contributed by atoms with Gasteiger partial charge in [-0.1, -0.05) is 24.3 Å². The van der Waals surface area contributed by atoms with Gasteiger partial charge in [-0.05, 0) is 34.9 Å². The Labute approximate surface area is 107 Å². The van der Waals surface area contributed by atoms with Crippen LogP contribution in [0.4, 0.5) is 5.69 Å². The van der Waals surface area contributed by atoms with E-state index in [1.807, 2.05) is 18.2 Å². The molecule has 0 fully saturated rings. The monoisotopic (exact) mass is 239 g/mol. The van der Waals surface area contributed by atoms with E-state index in [0.29, 0.717) is 6.04 Å². The van der Waals surface area contributed by atoms with Gasteiger partial charge < -0.3 is 10.7 Å². The fourth-order valence-corrected chi connectivity index (χ4v) is 2.47. The van der Waals surface area contributed by atoms with Gasteiger partial charge in [-0.25, -0.2) is 5.01 Å². The van der Waals surface area contributed by atoms with Crippen LogP contribution >= 0.6 is 0 Å². The lowest BCUT2D eigenvalue weighted by molar-refractivity contribution is 0.0900. The Kier molecular flexibility index (Phi) is 2.49. The highest BCUT2D eigenvalue weighted by molar-refractivity contribution is 5.79. The number of nitrogens with two attached hydrogens (primary N) is 1. The van der Waals surface area contributed by atoms with Crippen molar-refractivity contribution in [3.8, 4) is 0 Å². The molecule has 2 aliphatic rings. The first-order valence-corrected chi connectivity index (χ1v) is 6.08. The number of anilines is 1. The van der Waals surface area contributed by atoms with Crippen molar-refractivity contribution in [2.24, 2.45) is 0 Å². The first-order valence-electron chi connectivity index (χ1n) is 6.08. The van der Waals surface area contributed by atoms with Gasteiger partial charge >= 0.3 is 0 Å². The van der Waals surface area contributed by atoms with Gasteiger partial charge in [0.1, 0.15) is 0 Å². The third-order valence-corrected chi connectivity index (χ3v) is 3.58. The topological polar surface area (TPSA) is 32.5 Å². The Morgan fingerprint density at radius 1 is 1.22 bits per heavy atom. The maximum absolute atomic E-state index is 5.83. The summed E-state index contributed by atoms with van der Waals surface area (Å²) in [6, 6.07) is 8.37. The summed E-state index contributed by atoms with van der Waals surface area (Å²) in [5.74, 6) is 0. The van der Waals surface area contributed by atoms with Gasteiger partial charge in [-0.15, -0.1) is 0 Å². The molecular weight excluding hydrogens is 222 g/mol. The van der Waals surface area contributed by atoms with Crippen molar-refractivity contribution in [3.63, 3.8) is 0 Å². The Morgan fingerprint density at radius 2 is 2.06 bits per heavy atom. The lowest BCUT2D eigenvalue weighted by Crippen LogP contribution is -2.35. The molecule has 1 unspecified atom stereocenters. The van der Waals surface area contributed by atoms with Crippen molar-refractivity contribution >= 4 is 11.3 Å². The molecule has 0 bridgehead atoms. The number of nitrogens with zero attached hydrogens (tertiary/aromatic N) is 2. The fraction of sp³-hybridized carbons (Fsp3) is 0.200. The molecule has 92 valence electrons. The molecule has 0 spiro atoms. The molecule has 1 aromatic carbocycles. The number of fused-ring (bicyclic) bond motifs is 1. The number of hydrazine groups is 1. The number of benzene rings is 1. The summed E-state index contributed by atoms with van der Waals surface area (Å²) in [5, 5.41) is 4.32. The van der Waals surface area contributed by atoms with Crippen LogP contribution < -0.4 is 5.73 Å². The summed E-state index contributed by atoms with van der Waals surface area (Å²) >= 11 is 0. The van der Waals surface area contributed by atoms with E-state index in [1.54, 1.807) is 0 Å². The van der Waals surface area contributed by atoms with E-state index in [-0.39, 0.29) is 0 Å². The van der Waals surface area contributed by atoms with E-state index in [9.17, 15) is 0 Å². The molecule has 1 heterocycles. The van der Waals surface area contributed by atoms with Crippen LogP contribution in [0.2, 0.25) is 0 Å². The number of nitrogen functional groups attached to an aromatic ring is 1. The second-order valence-electron chi connectivity index (χ2n) is 4.81. The Balaban J connectivity index is 1.97. The molecule has 3 heteroatoms. The molecule has 0 aromatic heterocycles. The van der Waals surface area contributed by atoms with Crippen LogP contribution in [0, 0.1) is 0 Å². The maximum Gasteiger partial charge on any atom is 0.0738 e. The van der Waals surface area contributed by atoms with Gasteiger partial charge in [-0.2, -0.15) is 0 Å².